The smallest absolute Gasteiger partial charge is 0.0474 e. The summed E-state index contributed by atoms with van der Waals surface area (Å²) in [7, 11) is 0. The number of aliphatic hydroxyl groups excluding tert-OH is 1. The number of hydrogen-bond donors (Lipinski definition) is 2. The molecule has 1 aliphatic rings. The van der Waals surface area contributed by atoms with Gasteiger partial charge in [0.25, 0.3) is 0 Å². The monoisotopic (exact) mass is 115 g/mol. The van der Waals surface area contributed by atoms with Gasteiger partial charge in [-0.2, -0.15) is 0 Å². The van der Waals surface area contributed by atoms with Crippen LogP contribution in [0.3, 0.4) is 0 Å². The Morgan fingerprint density at radius 1 is 1.62 bits per heavy atom. The van der Waals surface area contributed by atoms with E-state index in [0.29, 0.717) is 18.4 Å². The summed E-state index contributed by atoms with van der Waals surface area (Å²) in [5, 5.41) is 11.9. The van der Waals surface area contributed by atoms with Crippen LogP contribution >= 0.6 is 0 Å². The first kappa shape index (κ1) is 6.05. The van der Waals surface area contributed by atoms with Crippen LogP contribution in [0.25, 0.3) is 0 Å². The quantitative estimate of drug-likeness (QED) is 0.497. The number of rotatable bonds is 1. The van der Waals surface area contributed by atoms with E-state index in [1.54, 1.807) is 0 Å². The molecule has 2 atom stereocenters. The lowest BCUT2D eigenvalue weighted by molar-refractivity contribution is 0.212. The first-order chi connectivity index (χ1) is 3.84. The molecule has 0 spiro atoms. The van der Waals surface area contributed by atoms with Gasteiger partial charge in [0, 0.05) is 13.2 Å². The lowest BCUT2D eigenvalue weighted by Gasteiger charge is -2.07. The summed E-state index contributed by atoms with van der Waals surface area (Å²) in [5.74, 6) is 1.18. The summed E-state index contributed by atoms with van der Waals surface area (Å²) >= 11 is 0. The zero-order chi connectivity index (χ0) is 5.98. The van der Waals surface area contributed by atoms with Gasteiger partial charge in [-0.25, -0.2) is 0 Å². The van der Waals surface area contributed by atoms with Crippen molar-refractivity contribution in [3.8, 4) is 0 Å². The van der Waals surface area contributed by atoms with Crippen LogP contribution in [-0.2, 0) is 0 Å². The van der Waals surface area contributed by atoms with Gasteiger partial charge in [0.1, 0.15) is 0 Å². The Morgan fingerprint density at radius 2 is 2.38 bits per heavy atom. The third-order valence-corrected chi connectivity index (χ3v) is 1.91. The first-order valence-electron chi connectivity index (χ1n) is 3.16. The Hall–Kier alpha value is -0.0800. The van der Waals surface area contributed by atoms with E-state index < -0.39 is 0 Å². The zero-order valence-corrected chi connectivity index (χ0v) is 5.22. The molecule has 1 heterocycles. The van der Waals surface area contributed by atoms with E-state index >= 15 is 0 Å². The van der Waals surface area contributed by atoms with Crippen molar-refractivity contribution in [1.82, 2.24) is 5.32 Å². The zero-order valence-electron chi connectivity index (χ0n) is 5.22. The molecule has 0 unspecified atom stereocenters. The normalized spacial score (nSPS) is 38.2. The van der Waals surface area contributed by atoms with Crippen LogP contribution in [0.1, 0.15) is 6.92 Å². The molecule has 0 aromatic rings. The fourth-order valence-electron chi connectivity index (χ4n) is 1.11. The van der Waals surface area contributed by atoms with Crippen LogP contribution in [0.15, 0.2) is 0 Å². The molecule has 1 saturated heterocycles. The van der Waals surface area contributed by atoms with Gasteiger partial charge < -0.3 is 10.4 Å². The first-order valence-corrected chi connectivity index (χ1v) is 3.16. The van der Waals surface area contributed by atoms with Crippen molar-refractivity contribution >= 4 is 0 Å². The second-order valence-electron chi connectivity index (χ2n) is 2.58. The highest BCUT2D eigenvalue weighted by Gasteiger charge is 2.21. The SMILES string of the molecule is C[C@@H]1CNC[C@@H]1CO. The lowest BCUT2D eigenvalue weighted by Crippen LogP contribution is -2.13. The van der Waals surface area contributed by atoms with E-state index in [4.69, 9.17) is 5.11 Å². The Balaban J connectivity index is 2.30. The minimum atomic E-state index is 0.341. The largest absolute Gasteiger partial charge is 0.396 e. The van der Waals surface area contributed by atoms with Crippen molar-refractivity contribution in [3.63, 3.8) is 0 Å². The summed E-state index contributed by atoms with van der Waals surface area (Å²) in [5.41, 5.74) is 0. The van der Waals surface area contributed by atoms with Crippen LogP contribution in [-0.4, -0.2) is 24.8 Å². The minimum absolute atomic E-state index is 0.341. The number of nitrogens with one attached hydrogen (secondary N) is 1. The average molecular weight is 115 g/mol. The van der Waals surface area contributed by atoms with E-state index in [9.17, 15) is 0 Å². The molecule has 0 aliphatic carbocycles. The maximum atomic E-state index is 8.70. The van der Waals surface area contributed by atoms with E-state index in [-0.39, 0.29) is 0 Å². The van der Waals surface area contributed by atoms with E-state index in [2.05, 4.69) is 12.2 Å². The molecule has 2 N–H and O–H groups in total. The number of hydrogen-bond acceptors (Lipinski definition) is 2. The molecule has 0 radical (unpaired) electrons. The van der Waals surface area contributed by atoms with Gasteiger partial charge in [0.2, 0.25) is 0 Å². The summed E-state index contributed by atoms with van der Waals surface area (Å²) < 4.78 is 0. The Bertz CT molecular complexity index is 74.9. The molecule has 0 aromatic carbocycles. The van der Waals surface area contributed by atoms with Crippen molar-refractivity contribution in [3.05, 3.63) is 0 Å². The Kier molecular flexibility index (Phi) is 1.86. The van der Waals surface area contributed by atoms with Crippen LogP contribution in [0.5, 0.6) is 0 Å². The Labute approximate surface area is 49.9 Å². The predicted molar refractivity (Wildman–Crippen MR) is 32.6 cm³/mol. The molecule has 2 heteroatoms. The van der Waals surface area contributed by atoms with Gasteiger partial charge in [0.05, 0.1) is 0 Å². The molecular formula is C6H13NO. The fourth-order valence-corrected chi connectivity index (χ4v) is 1.11. The molecule has 2 nitrogen and oxygen atoms in total. The molecule has 1 fully saturated rings. The summed E-state index contributed by atoms with van der Waals surface area (Å²) in [6.07, 6.45) is 0. The molecule has 8 heavy (non-hydrogen) atoms. The van der Waals surface area contributed by atoms with Crippen molar-refractivity contribution in [1.29, 1.82) is 0 Å². The van der Waals surface area contributed by atoms with Crippen molar-refractivity contribution in [2.24, 2.45) is 11.8 Å². The second kappa shape index (κ2) is 2.46. The third kappa shape index (κ3) is 1.01. The highest BCUT2D eigenvalue weighted by Crippen LogP contribution is 2.13. The maximum absolute atomic E-state index is 8.70. The molecule has 1 rings (SSSR count). The van der Waals surface area contributed by atoms with Crippen molar-refractivity contribution < 1.29 is 5.11 Å². The molecule has 0 aromatic heterocycles. The van der Waals surface area contributed by atoms with Crippen LogP contribution < -0.4 is 5.32 Å². The predicted octanol–water partition coefficient (Wildman–Crippen LogP) is -0.166. The molecule has 0 amide bonds. The highest BCUT2D eigenvalue weighted by molar-refractivity contribution is 4.76. The summed E-state index contributed by atoms with van der Waals surface area (Å²) in [6.45, 7) is 4.58. The van der Waals surface area contributed by atoms with Gasteiger partial charge in [0.15, 0.2) is 0 Å². The Morgan fingerprint density at radius 3 is 2.62 bits per heavy atom. The summed E-state index contributed by atoms with van der Waals surface area (Å²) in [6, 6.07) is 0. The molecular weight excluding hydrogens is 102 g/mol. The standard InChI is InChI=1S/C6H13NO/c1-5-2-7-3-6(5)4-8/h5-8H,2-4H2,1H3/t5-,6-/m1/s1. The van der Waals surface area contributed by atoms with Gasteiger partial charge in [-0.15, -0.1) is 0 Å². The minimum Gasteiger partial charge on any atom is -0.396 e. The fraction of sp³-hybridized carbons (Fsp3) is 1.00. The van der Waals surface area contributed by atoms with Gasteiger partial charge in [-0.05, 0) is 18.4 Å². The molecule has 0 bridgehead atoms. The van der Waals surface area contributed by atoms with E-state index in [1.165, 1.54) is 0 Å². The van der Waals surface area contributed by atoms with Crippen LogP contribution in [0.2, 0.25) is 0 Å². The lowest BCUT2D eigenvalue weighted by atomic mass is 10.00. The third-order valence-electron chi connectivity index (χ3n) is 1.91. The van der Waals surface area contributed by atoms with Gasteiger partial charge in [-0.3, -0.25) is 0 Å². The molecule has 1 aliphatic heterocycles. The van der Waals surface area contributed by atoms with E-state index in [1.807, 2.05) is 0 Å². The molecule has 48 valence electrons. The summed E-state index contributed by atoms with van der Waals surface area (Å²) in [4.78, 5) is 0. The topological polar surface area (TPSA) is 32.3 Å². The molecule has 0 saturated carbocycles. The van der Waals surface area contributed by atoms with Crippen molar-refractivity contribution in [2.75, 3.05) is 19.7 Å². The second-order valence-corrected chi connectivity index (χ2v) is 2.58. The average Bonchev–Trinajstić information content (AvgIpc) is 2.14. The van der Waals surface area contributed by atoms with Crippen LogP contribution in [0, 0.1) is 11.8 Å². The number of aliphatic hydroxyl groups is 1. The highest BCUT2D eigenvalue weighted by atomic mass is 16.3. The van der Waals surface area contributed by atoms with E-state index in [0.717, 1.165) is 13.1 Å². The van der Waals surface area contributed by atoms with Gasteiger partial charge >= 0.3 is 0 Å². The van der Waals surface area contributed by atoms with Crippen LogP contribution in [0.4, 0.5) is 0 Å². The van der Waals surface area contributed by atoms with Gasteiger partial charge in [-0.1, -0.05) is 6.92 Å². The van der Waals surface area contributed by atoms with Crippen molar-refractivity contribution in [2.45, 2.75) is 6.92 Å². The maximum Gasteiger partial charge on any atom is 0.0474 e.